The van der Waals surface area contributed by atoms with Gasteiger partial charge in [0.15, 0.2) is 0 Å². The zero-order chi connectivity index (χ0) is 13.1. The molecule has 3 N–H and O–H groups in total. The SMILES string of the molecule is CCC1OCCC1CNc1nc(C)nc(N)c1C. The number of nitrogens with zero attached hydrogens (tertiary/aromatic N) is 2. The third kappa shape index (κ3) is 2.72. The molecule has 1 fully saturated rings. The molecule has 0 bridgehead atoms. The molecule has 1 aliphatic heterocycles. The molecule has 0 aliphatic carbocycles. The minimum atomic E-state index is 0.373. The lowest BCUT2D eigenvalue weighted by atomic mass is 10.00. The first-order valence-corrected chi connectivity index (χ1v) is 6.58. The molecule has 2 rings (SSSR count). The molecule has 1 saturated heterocycles. The van der Waals surface area contributed by atoms with Crippen LogP contribution in [0.3, 0.4) is 0 Å². The van der Waals surface area contributed by atoms with E-state index in [1.165, 1.54) is 0 Å². The van der Waals surface area contributed by atoms with Crippen molar-refractivity contribution in [3.8, 4) is 0 Å². The minimum absolute atomic E-state index is 0.373. The smallest absolute Gasteiger partial charge is 0.134 e. The van der Waals surface area contributed by atoms with Crippen LogP contribution in [0.15, 0.2) is 0 Å². The van der Waals surface area contributed by atoms with Crippen molar-refractivity contribution in [3.63, 3.8) is 0 Å². The van der Waals surface area contributed by atoms with Gasteiger partial charge in [-0.1, -0.05) is 6.92 Å². The second kappa shape index (κ2) is 5.52. The van der Waals surface area contributed by atoms with Gasteiger partial charge in [0.2, 0.25) is 0 Å². The Kier molecular flexibility index (Phi) is 4.01. The van der Waals surface area contributed by atoms with Crippen LogP contribution in [0.5, 0.6) is 0 Å². The first-order valence-electron chi connectivity index (χ1n) is 6.58. The van der Waals surface area contributed by atoms with Gasteiger partial charge in [-0.05, 0) is 26.7 Å². The fraction of sp³-hybridized carbons (Fsp3) is 0.692. The summed E-state index contributed by atoms with van der Waals surface area (Å²) in [6.07, 6.45) is 2.55. The largest absolute Gasteiger partial charge is 0.383 e. The number of nitrogens with one attached hydrogen (secondary N) is 1. The van der Waals surface area contributed by atoms with Crippen LogP contribution in [0.2, 0.25) is 0 Å². The number of aromatic nitrogens is 2. The van der Waals surface area contributed by atoms with E-state index in [1.54, 1.807) is 0 Å². The van der Waals surface area contributed by atoms with Gasteiger partial charge in [0.25, 0.3) is 0 Å². The zero-order valence-electron chi connectivity index (χ0n) is 11.4. The summed E-state index contributed by atoms with van der Waals surface area (Å²) in [6, 6.07) is 0. The van der Waals surface area contributed by atoms with E-state index in [4.69, 9.17) is 10.5 Å². The Hall–Kier alpha value is -1.36. The maximum atomic E-state index is 5.84. The van der Waals surface area contributed by atoms with E-state index in [-0.39, 0.29) is 0 Å². The summed E-state index contributed by atoms with van der Waals surface area (Å²) in [5, 5.41) is 3.39. The van der Waals surface area contributed by atoms with E-state index < -0.39 is 0 Å². The van der Waals surface area contributed by atoms with Crippen molar-refractivity contribution in [2.24, 2.45) is 5.92 Å². The third-order valence-electron chi connectivity index (χ3n) is 3.58. The highest BCUT2D eigenvalue weighted by Gasteiger charge is 2.26. The monoisotopic (exact) mass is 250 g/mol. The summed E-state index contributed by atoms with van der Waals surface area (Å²) in [5.74, 6) is 2.67. The van der Waals surface area contributed by atoms with Crippen molar-refractivity contribution >= 4 is 11.6 Å². The number of ether oxygens (including phenoxy) is 1. The van der Waals surface area contributed by atoms with Crippen LogP contribution in [-0.4, -0.2) is 29.2 Å². The number of rotatable bonds is 4. The Bertz CT molecular complexity index is 422. The fourth-order valence-corrected chi connectivity index (χ4v) is 2.43. The van der Waals surface area contributed by atoms with E-state index >= 15 is 0 Å². The normalized spacial score (nSPS) is 23.3. The van der Waals surface area contributed by atoms with Gasteiger partial charge in [0.05, 0.1) is 6.10 Å². The molecule has 0 aromatic carbocycles. The van der Waals surface area contributed by atoms with E-state index in [0.717, 1.165) is 37.4 Å². The number of nitrogen functional groups attached to an aromatic ring is 1. The molecule has 0 amide bonds. The average Bonchev–Trinajstić information content (AvgIpc) is 2.79. The molecule has 0 spiro atoms. The van der Waals surface area contributed by atoms with E-state index in [0.29, 0.717) is 23.7 Å². The Balaban J connectivity index is 2.02. The predicted molar refractivity (Wildman–Crippen MR) is 72.5 cm³/mol. The Morgan fingerprint density at radius 2 is 2.17 bits per heavy atom. The van der Waals surface area contributed by atoms with Crippen molar-refractivity contribution in [2.45, 2.75) is 39.7 Å². The minimum Gasteiger partial charge on any atom is -0.383 e. The number of aryl methyl sites for hydroxylation is 1. The lowest BCUT2D eigenvalue weighted by molar-refractivity contribution is 0.0900. The van der Waals surface area contributed by atoms with Gasteiger partial charge in [0, 0.05) is 24.6 Å². The van der Waals surface area contributed by atoms with Crippen molar-refractivity contribution < 1.29 is 4.74 Å². The first-order chi connectivity index (χ1) is 8.61. The molecule has 18 heavy (non-hydrogen) atoms. The molecule has 1 aromatic rings. The lowest BCUT2D eigenvalue weighted by Crippen LogP contribution is -2.23. The molecule has 1 aliphatic rings. The molecule has 0 radical (unpaired) electrons. The van der Waals surface area contributed by atoms with Crippen LogP contribution < -0.4 is 11.1 Å². The van der Waals surface area contributed by atoms with Crippen molar-refractivity contribution in [3.05, 3.63) is 11.4 Å². The zero-order valence-corrected chi connectivity index (χ0v) is 11.4. The lowest BCUT2D eigenvalue weighted by Gasteiger charge is -2.18. The third-order valence-corrected chi connectivity index (χ3v) is 3.58. The van der Waals surface area contributed by atoms with Gasteiger partial charge >= 0.3 is 0 Å². The van der Waals surface area contributed by atoms with Crippen LogP contribution in [-0.2, 0) is 4.74 Å². The highest BCUT2D eigenvalue weighted by Crippen LogP contribution is 2.24. The summed E-state index contributed by atoms with van der Waals surface area (Å²) in [6.45, 7) is 7.72. The highest BCUT2D eigenvalue weighted by atomic mass is 16.5. The van der Waals surface area contributed by atoms with Gasteiger partial charge in [-0.3, -0.25) is 0 Å². The molecule has 5 nitrogen and oxygen atoms in total. The second-order valence-corrected chi connectivity index (χ2v) is 4.88. The predicted octanol–water partition coefficient (Wildman–Crippen LogP) is 1.90. The number of anilines is 2. The van der Waals surface area contributed by atoms with Crippen LogP contribution in [0.25, 0.3) is 0 Å². The Morgan fingerprint density at radius 1 is 1.39 bits per heavy atom. The summed E-state index contributed by atoms with van der Waals surface area (Å²) in [7, 11) is 0. The summed E-state index contributed by atoms with van der Waals surface area (Å²) in [4.78, 5) is 8.55. The molecule has 100 valence electrons. The van der Waals surface area contributed by atoms with Gasteiger partial charge in [-0.25, -0.2) is 9.97 Å². The molecule has 2 unspecified atom stereocenters. The van der Waals surface area contributed by atoms with E-state index in [1.807, 2.05) is 13.8 Å². The highest BCUT2D eigenvalue weighted by molar-refractivity contribution is 5.54. The molecular formula is C13H22N4O. The summed E-state index contributed by atoms with van der Waals surface area (Å²) < 4.78 is 5.68. The van der Waals surface area contributed by atoms with Crippen molar-refractivity contribution in [1.82, 2.24) is 9.97 Å². The standard InChI is InChI=1S/C13H22N4O/c1-4-11-10(5-6-18-11)7-15-13-8(2)12(14)16-9(3)17-13/h10-11H,4-7H2,1-3H3,(H3,14,15,16,17). The van der Waals surface area contributed by atoms with E-state index in [2.05, 4.69) is 22.2 Å². The maximum Gasteiger partial charge on any atom is 0.134 e. The average molecular weight is 250 g/mol. The van der Waals surface area contributed by atoms with E-state index in [9.17, 15) is 0 Å². The number of hydrogen-bond donors (Lipinski definition) is 2. The molecule has 1 aromatic heterocycles. The van der Waals surface area contributed by atoms with Crippen LogP contribution >= 0.6 is 0 Å². The van der Waals surface area contributed by atoms with Crippen LogP contribution in [0.1, 0.15) is 31.2 Å². The van der Waals surface area contributed by atoms with Gasteiger partial charge in [-0.15, -0.1) is 0 Å². The molecule has 2 heterocycles. The van der Waals surface area contributed by atoms with Crippen molar-refractivity contribution in [1.29, 1.82) is 0 Å². The van der Waals surface area contributed by atoms with Crippen LogP contribution in [0.4, 0.5) is 11.6 Å². The molecule has 2 atom stereocenters. The molecule has 5 heteroatoms. The number of hydrogen-bond acceptors (Lipinski definition) is 5. The topological polar surface area (TPSA) is 73.1 Å². The molecule has 0 saturated carbocycles. The summed E-state index contributed by atoms with van der Waals surface area (Å²) in [5.41, 5.74) is 6.77. The fourth-order valence-electron chi connectivity index (χ4n) is 2.43. The first kappa shape index (κ1) is 13.1. The van der Waals surface area contributed by atoms with Gasteiger partial charge < -0.3 is 15.8 Å². The van der Waals surface area contributed by atoms with Gasteiger partial charge in [-0.2, -0.15) is 0 Å². The summed E-state index contributed by atoms with van der Waals surface area (Å²) >= 11 is 0. The van der Waals surface area contributed by atoms with Gasteiger partial charge in [0.1, 0.15) is 17.5 Å². The molecular weight excluding hydrogens is 228 g/mol. The Labute approximate surface area is 108 Å². The Morgan fingerprint density at radius 3 is 2.89 bits per heavy atom. The quantitative estimate of drug-likeness (QED) is 0.854. The maximum absolute atomic E-state index is 5.84. The van der Waals surface area contributed by atoms with Crippen molar-refractivity contribution in [2.75, 3.05) is 24.2 Å². The number of nitrogens with two attached hydrogens (primary N) is 1. The van der Waals surface area contributed by atoms with Crippen LogP contribution in [0, 0.1) is 19.8 Å². The second-order valence-electron chi connectivity index (χ2n) is 4.88.